The van der Waals surface area contributed by atoms with Crippen molar-refractivity contribution in [3.63, 3.8) is 0 Å². The van der Waals surface area contributed by atoms with Crippen LogP contribution in [0.15, 0.2) is 47.6 Å². The van der Waals surface area contributed by atoms with Gasteiger partial charge in [-0.2, -0.15) is 0 Å². The third-order valence-corrected chi connectivity index (χ3v) is 3.94. The van der Waals surface area contributed by atoms with E-state index in [1.165, 1.54) is 0 Å². The average Bonchev–Trinajstić information content (AvgIpc) is 2.55. The highest BCUT2D eigenvalue weighted by atomic mass is 35.5. The van der Waals surface area contributed by atoms with Crippen molar-refractivity contribution in [2.24, 2.45) is 10.7 Å². The molecular formula is C18H21ClN4O2. The quantitative estimate of drug-likeness (QED) is 0.880. The Labute approximate surface area is 152 Å². The maximum atomic E-state index is 12.3. The Morgan fingerprint density at radius 2 is 2.12 bits per heavy atom. The maximum Gasteiger partial charge on any atom is 0.257 e. The Balaban J connectivity index is 0.00000225. The van der Waals surface area contributed by atoms with E-state index >= 15 is 0 Å². The van der Waals surface area contributed by atoms with Gasteiger partial charge in [0.15, 0.2) is 0 Å². The first kappa shape index (κ1) is 18.9. The second kappa shape index (κ2) is 7.63. The highest BCUT2D eigenvalue weighted by Crippen LogP contribution is 2.30. The number of nitrogens with two attached hydrogens (primary N) is 1. The van der Waals surface area contributed by atoms with Crippen molar-refractivity contribution in [1.82, 2.24) is 4.98 Å². The molecule has 1 aliphatic rings. The second-order valence-corrected chi connectivity index (χ2v) is 6.09. The molecule has 0 aliphatic carbocycles. The summed E-state index contributed by atoms with van der Waals surface area (Å²) < 4.78 is 5.50. The minimum Gasteiger partial charge on any atom is -0.386 e. The molecule has 0 saturated heterocycles. The lowest BCUT2D eigenvalue weighted by Gasteiger charge is -2.30. The van der Waals surface area contributed by atoms with Gasteiger partial charge in [-0.05, 0) is 43.7 Å². The largest absolute Gasteiger partial charge is 0.386 e. The van der Waals surface area contributed by atoms with Crippen LogP contribution in [0.5, 0.6) is 0 Å². The summed E-state index contributed by atoms with van der Waals surface area (Å²) in [6.07, 6.45) is 1.57. The first-order valence-corrected chi connectivity index (χ1v) is 7.73. The van der Waals surface area contributed by atoms with Crippen molar-refractivity contribution < 1.29 is 9.53 Å². The molecule has 6 nitrogen and oxygen atoms in total. The van der Waals surface area contributed by atoms with Gasteiger partial charge in [0.25, 0.3) is 5.91 Å². The van der Waals surface area contributed by atoms with E-state index in [2.05, 4.69) is 15.3 Å². The van der Waals surface area contributed by atoms with E-state index in [0.717, 1.165) is 11.3 Å². The lowest BCUT2D eigenvalue weighted by molar-refractivity contribution is 0.102. The Kier molecular flexibility index (Phi) is 5.77. The molecule has 1 aromatic heterocycles. The number of amides is 1. The number of hydrogen-bond acceptors (Lipinski definition) is 5. The Hall–Kier alpha value is -2.44. The number of carbonyl (C=O) groups is 1. The molecule has 0 radical (unpaired) electrons. The molecule has 2 aromatic rings. The number of hydrogen-bond donors (Lipinski definition) is 2. The highest BCUT2D eigenvalue weighted by molar-refractivity contribution is 6.04. The van der Waals surface area contributed by atoms with E-state index in [1.54, 1.807) is 12.3 Å². The van der Waals surface area contributed by atoms with Gasteiger partial charge in [-0.15, -0.1) is 12.4 Å². The van der Waals surface area contributed by atoms with Crippen molar-refractivity contribution in [2.75, 3.05) is 18.5 Å². The number of halogens is 1. The third kappa shape index (κ3) is 4.35. The summed E-state index contributed by atoms with van der Waals surface area (Å²) in [5, 5.41) is 2.89. The van der Waals surface area contributed by atoms with E-state index in [4.69, 9.17) is 10.5 Å². The Morgan fingerprint density at radius 3 is 2.80 bits per heavy atom. The van der Waals surface area contributed by atoms with Crippen LogP contribution in [0.25, 0.3) is 0 Å². The molecule has 0 spiro atoms. The van der Waals surface area contributed by atoms with Crippen LogP contribution in [-0.4, -0.2) is 29.9 Å². The number of aromatic nitrogens is 1. The first-order chi connectivity index (χ1) is 11.5. The number of amidine groups is 1. The molecule has 2 heterocycles. The van der Waals surface area contributed by atoms with Gasteiger partial charge in [0.2, 0.25) is 0 Å². The zero-order valence-electron chi connectivity index (χ0n) is 14.2. The van der Waals surface area contributed by atoms with Crippen LogP contribution in [0.2, 0.25) is 0 Å². The predicted octanol–water partition coefficient (Wildman–Crippen LogP) is 2.67. The molecule has 3 rings (SSSR count). The Bertz CT molecular complexity index is 792. The molecule has 1 aliphatic heterocycles. The summed E-state index contributed by atoms with van der Waals surface area (Å²) in [5.41, 5.74) is 8.27. The van der Waals surface area contributed by atoms with Gasteiger partial charge in [0.1, 0.15) is 18.0 Å². The minimum absolute atomic E-state index is 0. The number of aryl methyl sites for hydroxylation is 1. The first-order valence-electron chi connectivity index (χ1n) is 7.73. The molecule has 0 fully saturated rings. The van der Waals surface area contributed by atoms with Crippen LogP contribution in [0.3, 0.4) is 0 Å². The molecule has 25 heavy (non-hydrogen) atoms. The van der Waals surface area contributed by atoms with Gasteiger partial charge >= 0.3 is 0 Å². The van der Waals surface area contributed by atoms with Crippen LogP contribution in [-0.2, 0) is 10.3 Å². The van der Waals surface area contributed by atoms with Crippen LogP contribution >= 0.6 is 12.4 Å². The van der Waals surface area contributed by atoms with Crippen molar-refractivity contribution in [3.05, 3.63) is 59.4 Å². The van der Waals surface area contributed by atoms with Crippen molar-refractivity contribution >= 4 is 29.8 Å². The smallest absolute Gasteiger partial charge is 0.257 e. The SMILES string of the molecule is Cc1ccc(C(=O)Nc2cccc(C3(C)COCC(N)=N3)c2)cn1.Cl. The molecule has 0 saturated carbocycles. The minimum atomic E-state index is -0.547. The summed E-state index contributed by atoms with van der Waals surface area (Å²) in [7, 11) is 0. The zero-order valence-corrected chi connectivity index (χ0v) is 15.0. The number of rotatable bonds is 3. The molecule has 132 valence electrons. The van der Waals surface area contributed by atoms with E-state index < -0.39 is 5.54 Å². The van der Waals surface area contributed by atoms with Gasteiger partial charge in [-0.3, -0.25) is 14.8 Å². The molecule has 3 N–H and O–H groups in total. The fraction of sp³-hybridized carbons (Fsp3) is 0.278. The third-order valence-electron chi connectivity index (χ3n) is 3.94. The molecular weight excluding hydrogens is 340 g/mol. The van der Waals surface area contributed by atoms with Crippen LogP contribution in [0.4, 0.5) is 5.69 Å². The second-order valence-electron chi connectivity index (χ2n) is 6.09. The number of aliphatic imine (C=N–C) groups is 1. The van der Waals surface area contributed by atoms with Crippen molar-refractivity contribution in [1.29, 1.82) is 0 Å². The summed E-state index contributed by atoms with van der Waals surface area (Å²) in [6, 6.07) is 11.1. The summed E-state index contributed by atoms with van der Waals surface area (Å²) in [5.74, 6) is 0.275. The lowest BCUT2D eigenvalue weighted by atomic mass is 9.92. The predicted molar refractivity (Wildman–Crippen MR) is 100 cm³/mol. The maximum absolute atomic E-state index is 12.3. The fourth-order valence-corrected chi connectivity index (χ4v) is 2.62. The fourth-order valence-electron chi connectivity index (χ4n) is 2.62. The van der Waals surface area contributed by atoms with Crippen LogP contribution in [0, 0.1) is 6.92 Å². The van der Waals surface area contributed by atoms with Gasteiger partial charge in [-0.1, -0.05) is 12.1 Å². The molecule has 1 atom stereocenters. The van der Waals surface area contributed by atoms with Crippen LogP contribution in [0.1, 0.15) is 28.5 Å². The summed E-state index contributed by atoms with van der Waals surface area (Å²) >= 11 is 0. The normalized spacial score (nSPS) is 19.5. The number of nitrogens with zero attached hydrogens (tertiary/aromatic N) is 2. The molecule has 7 heteroatoms. The molecule has 1 aromatic carbocycles. The van der Waals surface area contributed by atoms with Gasteiger partial charge in [-0.25, -0.2) is 0 Å². The van der Waals surface area contributed by atoms with Gasteiger partial charge in [0.05, 0.1) is 12.2 Å². The monoisotopic (exact) mass is 360 g/mol. The number of nitrogens with one attached hydrogen (secondary N) is 1. The lowest BCUT2D eigenvalue weighted by Crippen LogP contribution is -2.37. The zero-order chi connectivity index (χ0) is 17.2. The van der Waals surface area contributed by atoms with E-state index in [-0.39, 0.29) is 18.3 Å². The number of carbonyl (C=O) groups excluding carboxylic acids is 1. The van der Waals surface area contributed by atoms with E-state index in [1.807, 2.05) is 44.2 Å². The number of pyridine rings is 1. The topological polar surface area (TPSA) is 89.6 Å². The van der Waals surface area contributed by atoms with E-state index in [9.17, 15) is 4.79 Å². The number of ether oxygens (including phenoxy) is 1. The number of benzene rings is 1. The standard InChI is InChI=1S/C18H20N4O2.ClH/c1-12-6-7-13(9-20-12)17(23)21-15-5-3-4-14(8-15)18(2)11-24-10-16(19)22-18;/h3-9H,10-11H2,1-2H3,(H2,19,22)(H,21,23);1H. The molecule has 1 amide bonds. The highest BCUT2D eigenvalue weighted by Gasteiger charge is 2.30. The van der Waals surface area contributed by atoms with Crippen LogP contribution < -0.4 is 11.1 Å². The Morgan fingerprint density at radius 1 is 1.32 bits per heavy atom. The van der Waals surface area contributed by atoms with Crippen molar-refractivity contribution in [2.45, 2.75) is 19.4 Å². The molecule has 1 unspecified atom stereocenters. The molecule has 0 bridgehead atoms. The number of anilines is 1. The van der Waals surface area contributed by atoms with Gasteiger partial charge in [0, 0.05) is 17.6 Å². The van der Waals surface area contributed by atoms with Crippen molar-refractivity contribution in [3.8, 4) is 0 Å². The van der Waals surface area contributed by atoms with E-state index in [0.29, 0.717) is 30.3 Å². The average molecular weight is 361 g/mol. The summed E-state index contributed by atoms with van der Waals surface area (Å²) in [6.45, 7) is 4.65. The van der Waals surface area contributed by atoms with Gasteiger partial charge < -0.3 is 15.8 Å². The summed E-state index contributed by atoms with van der Waals surface area (Å²) in [4.78, 5) is 21.0.